The molecule has 0 aliphatic rings. The number of aromatic nitrogens is 2. The largest absolute Gasteiger partial charge is 0.340 e. The highest BCUT2D eigenvalue weighted by Gasteiger charge is 2.13. The van der Waals surface area contributed by atoms with Crippen molar-refractivity contribution in [3.8, 4) is 0 Å². The average molecular weight is 341 g/mol. The van der Waals surface area contributed by atoms with Crippen molar-refractivity contribution in [2.75, 3.05) is 6.54 Å². The van der Waals surface area contributed by atoms with Crippen molar-refractivity contribution >= 4 is 21.6 Å². The van der Waals surface area contributed by atoms with E-state index in [2.05, 4.69) is 31.4 Å². The Kier molecular flexibility index (Phi) is 4.80. The van der Waals surface area contributed by atoms with E-state index in [4.69, 9.17) is 4.52 Å². The molecule has 0 aliphatic carbocycles. The van der Waals surface area contributed by atoms with Crippen LogP contribution in [-0.4, -0.2) is 21.6 Å². The highest BCUT2D eigenvalue weighted by Crippen LogP contribution is 2.22. The van der Waals surface area contributed by atoms with Crippen molar-refractivity contribution in [3.63, 3.8) is 0 Å². The molecule has 0 unspecified atom stereocenters. The number of rotatable bonds is 6. The fourth-order valence-corrected chi connectivity index (χ4v) is 2.15. The Morgan fingerprint density at radius 1 is 1.50 bits per heavy atom. The Balaban J connectivity index is 1.90. The third kappa shape index (κ3) is 3.84. The summed E-state index contributed by atoms with van der Waals surface area (Å²) in [7, 11) is 0. The number of nitrogens with zero attached hydrogens (tertiary/aromatic N) is 3. The van der Waals surface area contributed by atoms with Crippen LogP contribution < -0.4 is 5.32 Å². The van der Waals surface area contributed by atoms with Crippen LogP contribution in [0.1, 0.15) is 17.3 Å². The third-order valence-electron chi connectivity index (χ3n) is 2.65. The van der Waals surface area contributed by atoms with Crippen molar-refractivity contribution in [3.05, 3.63) is 50.1 Å². The molecular formula is C12H13BrN4O3. The summed E-state index contributed by atoms with van der Waals surface area (Å²) in [4.78, 5) is 14.6. The quantitative estimate of drug-likeness (QED) is 0.492. The first-order valence-electron chi connectivity index (χ1n) is 5.99. The van der Waals surface area contributed by atoms with E-state index in [0.29, 0.717) is 36.8 Å². The second-order valence-corrected chi connectivity index (χ2v) is 5.10. The van der Waals surface area contributed by atoms with E-state index < -0.39 is 0 Å². The van der Waals surface area contributed by atoms with Gasteiger partial charge in [0.25, 0.3) is 5.69 Å². The molecule has 20 heavy (non-hydrogen) atoms. The fourth-order valence-electron chi connectivity index (χ4n) is 1.74. The zero-order valence-corrected chi connectivity index (χ0v) is 12.4. The Labute approximate surface area is 123 Å². The number of hydrogen-bond donors (Lipinski definition) is 1. The van der Waals surface area contributed by atoms with Gasteiger partial charge in [-0.3, -0.25) is 10.1 Å². The van der Waals surface area contributed by atoms with E-state index in [1.54, 1.807) is 19.1 Å². The summed E-state index contributed by atoms with van der Waals surface area (Å²) in [6.07, 6.45) is 0.610. The van der Waals surface area contributed by atoms with E-state index in [0.717, 1.165) is 4.47 Å². The van der Waals surface area contributed by atoms with E-state index in [1.807, 2.05) is 0 Å². The summed E-state index contributed by atoms with van der Waals surface area (Å²) < 4.78 is 5.68. The monoisotopic (exact) mass is 340 g/mol. The lowest BCUT2D eigenvalue weighted by Gasteiger charge is -2.05. The minimum absolute atomic E-state index is 0.108. The number of halogens is 1. The van der Waals surface area contributed by atoms with Gasteiger partial charge in [-0.1, -0.05) is 21.1 Å². The predicted octanol–water partition coefficient (Wildman–Crippen LogP) is 2.38. The second kappa shape index (κ2) is 6.58. The molecule has 0 radical (unpaired) electrons. The zero-order chi connectivity index (χ0) is 14.5. The van der Waals surface area contributed by atoms with Gasteiger partial charge in [0.2, 0.25) is 5.89 Å². The van der Waals surface area contributed by atoms with Crippen LogP contribution in [0.15, 0.2) is 27.2 Å². The molecule has 1 N–H and O–H groups in total. The molecule has 2 rings (SSSR count). The molecule has 1 aromatic heterocycles. The molecule has 0 saturated heterocycles. The minimum atomic E-state index is -0.383. The number of aryl methyl sites for hydroxylation is 1. The Morgan fingerprint density at radius 2 is 2.30 bits per heavy atom. The highest BCUT2D eigenvalue weighted by atomic mass is 79.9. The molecule has 0 fully saturated rings. The van der Waals surface area contributed by atoms with Gasteiger partial charge in [0.05, 0.1) is 4.92 Å². The Hall–Kier alpha value is -1.80. The number of nitro benzene ring substituents is 1. The molecule has 7 nitrogen and oxygen atoms in total. The summed E-state index contributed by atoms with van der Waals surface area (Å²) in [5, 5.41) is 17.8. The van der Waals surface area contributed by atoms with Crippen molar-refractivity contribution in [2.24, 2.45) is 0 Å². The fraction of sp³-hybridized carbons (Fsp3) is 0.333. The van der Waals surface area contributed by atoms with Gasteiger partial charge in [0, 0.05) is 42.5 Å². The lowest BCUT2D eigenvalue weighted by Crippen LogP contribution is -2.18. The summed E-state index contributed by atoms with van der Waals surface area (Å²) >= 11 is 3.31. The van der Waals surface area contributed by atoms with Crippen LogP contribution in [0.25, 0.3) is 0 Å². The first-order valence-corrected chi connectivity index (χ1v) is 6.78. The zero-order valence-electron chi connectivity index (χ0n) is 10.8. The Morgan fingerprint density at radius 3 is 2.95 bits per heavy atom. The smallest absolute Gasteiger partial charge is 0.273 e. The summed E-state index contributed by atoms with van der Waals surface area (Å²) in [6, 6.07) is 4.89. The predicted molar refractivity (Wildman–Crippen MR) is 75.2 cm³/mol. The lowest BCUT2D eigenvalue weighted by molar-refractivity contribution is -0.385. The maximum atomic E-state index is 10.9. The summed E-state index contributed by atoms with van der Waals surface area (Å²) in [5.41, 5.74) is 0.741. The van der Waals surface area contributed by atoms with Gasteiger partial charge in [0.1, 0.15) is 0 Å². The Bertz CT molecular complexity index is 614. The normalized spacial score (nSPS) is 10.7. The third-order valence-corrected chi connectivity index (χ3v) is 3.14. The SMILES string of the molecule is Cc1nc(CCNCc2cc(Br)ccc2[N+](=O)[O-])no1. The van der Waals surface area contributed by atoms with Gasteiger partial charge >= 0.3 is 0 Å². The van der Waals surface area contributed by atoms with Gasteiger partial charge in [0.15, 0.2) is 5.82 Å². The molecule has 0 atom stereocenters. The molecule has 0 spiro atoms. The first-order chi connectivity index (χ1) is 9.56. The minimum Gasteiger partial charge on any atom is -0.340 e. The molecule has 1 aromatic carbocycles. The van der Waals surface area contributed by atoms with Gasteiger partial charge in [-0.15, -0.1) is 0 Å². The molecular weight excluding hydrogens is 328 g/mol. The van der Waals surface area contributed by atoms with E-state index in [1.165, 1.54) is 6.07 Å². The summed E-state index contributed by atoms with van der Waals surface area (Å²) in [5.74, 6) is 1.15. The maximum absolute atomic E-state index is 10.9. The lowest BCUT2D eigenvalue weighted by atomic mass is 10.2. The molecule has 1 heterocycles. The van der Waals surface area contributed by atoms with Crippen molar-refractivity contribution < 1.29 is 9.45 Å². The van der Waals surface area contributed by atoms with Crippen LogP contribution in [0.4, 0.5) is 5.69 Å². The molecule has 0 amide bonds. The topological polar surface area (TPSA) is 94.1 Å². The number of nitro groups is 1. The number of nitrogens with one attached hydrogen (secondary N) is 1. The average Bonchev–Trinajstić information content (AvgIpc) is 2.80. The highest BCUT2D eigenvalue weighted by molar-refractivity contribution is 9.10. The number of hydrogen-bond acceptors (Lipinski definition) is 6. The van der Waals surface area contributed by atoms with Crippen LogP contribution >= 0.6 is 15.9 Å². The van der Waals surface area contributed by atoms with Gasteiger partial charge in [-0.05, 0) is 12.1 Å². The second-order valence-electron chi connectivity index (χ2n) is 4.19. The van der Waals surface area contributed by atoms with Crippen molar-refractivity contribution in [1.29, 1.82) is 0 Å². The van der Waals surface area contributed by atoms with Crippen LogP contribution in [0, 0.1) is 17.0 Å². The number of benzene rings is 1. The molecule has 8 heteroatoms. The van der Waals surface area contributed by atoms with Crippen LogP contribution in [0.2, 0.25) is 0 Å². The molecule has 0 aliphatic heterocycles. The van der Waals surface area contributed by atoms with Gasteiger partial charge in [-0.25, -0.2) is 0 Å². The first kappa shape index (κ1) is 14.6. The van der Waals surface area contributed by atoms with E-state index in [-0.39, 0.29) is 10.6 Å². The van der Waals surface area contributed by atoms with Crippen molar-refractivity contribution in [2.45, 2.75) is 19.9 Å². The van der Waals surface area contributed by atoms with Crippen LogP contribution in [0.3, 0.4) is 0 Å². The maximum Gasteiger partial charge on any atom is 0.273 e. The van der Waals surface area contributed by atoms with E-state index >= 15 is 0 Å². The molecule has 0 saturated carbocycles. The van der Waals surface area contributed by atoms with E-state index in [9.17, 15) is 10.1 Å². The van der Waals surface area contributed by atoms with Crippen molar-refractivity contribution in [1.82, 2.24) is 15.5 Å². The van der Waals surface area contributed by atoms with Crippen LogP contribution in [-0.2, 0) is 13.0 Å². The summed E-state index contributed by atoms with van der Waals surface area (Å²) in [6.45, 7) is 2.75. The molecule has 0 bridgehead atoms. The molecule has 106 valence electrons. The molecule has 2 aromatic rings. The van der Waals surface area contributed by atoms with Gasteiger partial charge in [-0.2, -0.15) is 4.98 Å². The van der Waals surface area contributed by atoms with Gasteiger partial charge < -0.3 is 9.84 Å². The van der Waals surface area contributed by atoms with Crippen LogP contribution in [0.5, 0.6) is 0 Å². The standard InChI is InChI=1S/C12H13BrN4O3/c1-8-15-12(16-20-8)4-5-14-7-9-6-10(13)2-3-11(9)17(18)19/h2-3,6,14H,4-5,7H2,1H3.